The Balaban J connectivity index is 1.74. The second-order valence-corrected chi connectivity index (χ2v) is 6.26. The third-order valence-corrected chi connectivity index (χ3v) is 4.57. The molecule has 0 radical (unpaired) electrons. The van der Waals surface area contributed by atoms with Crippen LogP contribution in [0, 0.1) is 13.8 Å². The largest absolute Gasteiger partial charge is 0.467 e. The van der Waals surface area contributed by atoms with Crippen LogP contribution in [0.2, 0.25) is 0 Å². The highest BCUT2D eigenvalue weighted by atomic mass is 16.3. The van der Waals surface area contributed by atoms with Crippen molar-refractivity contribution in [1.29, 1.82) is 0 Å². The minimum Gasteiger partial charge on any atom is -0.467 e. The second-order valence-electron chi connectivity index (χ2n) is 6.26. The normalized spacial score (nSPS) is 16.2. The summed E-state index contributed by atoms with van der Waals surface area (Å²) >= 11 is 0. The summed E-state index contributed by atoms with van der Waals surface area (Å²) in [4.78, 5) is 19.1. The average Bonchev–Trinajstić information content (AvgIpc) is 3.21. The molecule has 1 unspecified atom stereocenters. The molecule has 1 amide bonds. The van der Waals surface area contributed by atoms with E-state index in [1.54, 1.807) is 23.4 Å². The van der Waals surface area contributed by atoms with E-state index in [0.29, 0.717) is 12.1 Å². The van der Waals surface area contributed by atoms with Crippen LogP contribution in [0.4, 0.5) is 5.69 Å². The lowest BCUT2D eigenvalue weighted by atomic mass is 10.1. The van der Waals surface area contributed by atoms with Crippen molar-refractivity contribution in [1.82, 2.24) is 9.88 Å². The van der Waals surface area contributed by atoms with Crippen molar-refractivity contribution in [2.45, 2.75) is 26.6 Å². The Hall–Kier alpha value is -3.08. The fourth-order valence-electron chi connectivity index (χ4n) is 3.29. The zero-order chi connectivity index (χ0) is 17.4. The Labute approximate surface area is 146 Å². The maximum absolute atomic E-state index is 12.9. The summed E-state index contributed by atoms with van der Waals surface area (Å²) < 4.78 is 5.45. The van der Waals surface area contributed by atoms with E-state index in [4.69, 9.17) is 4.42 Å². The number of pyridine rings is 1. The number of para-hydroxylation sites is 1. The number of anilines is 1. The molecule has 0 fully saturated rings. The lowest BCUT2D eigenvalue weighted by Gasteiger charge is -2.27. The smallest absolute Gasteiger partial charge is 0.258 e. The molecule has 5 nitrogen and oxygen atoms in total. The highest BCUT2D eigenvalue weighted by Gasteiger charge is 2.38. The fourth-order valence-corrected chi connectivity index (χ4v) is 3.29. The predicted octanol–water partition coefficient (Wildman–Crippen LogP) is 4.06. The van der Waals surface area contributed by atoms with E-state index in [1.165, 1.54) is 0 Å². The van der Waals surface area contributed by atoms with Gasteiger partial charge < -0.3 is 14.6 Å². The molecule has 0 aliphatic carbocycles. The van der Waals surface area contributed by atoms with Crippen molar-refractivity contribution in [2.75, 3.05) is 5.32 Å². The van der Waals surface area contributed by atoms with Gasteiger partial charge in [0, 0.05) is 11.9 Å². The Bertz CT molecular complexity index is 898. The molecule has 3 heterocycles. The summed E-state index contributed by atoms with van der Waals surface area (Å²) in [5.41, 5.74) is 4.69. The number of aromatic nitrogens is 1. The summed E-state index contributed by atoms with van der Waals surface area (Å²) in [6.45, 7) is 4.51. The molecule has 1 aromatic carbocycles. The van der Waals surface area contributed by atoms with E-state index >= 15 is 0 Å². The molecule has 3 aromatic rings. The van der Waals surface area contributed by atoms with Crippen LogP contribution in [-0.2, 0) is 6.54 Å². The van der Waals surface area contributed by atoms with E-state index in [-0.39, 0.29) is 12.1 Å². The van der Waals surface area contributed by atoms with Gasteiger partial charge in [0.1, 0.15) is 11.9 Å². The number of nitrogens with one attached hydrogen (secondary N) is 1. The minimum atomic E-state index is -0.325. The van der Waals surface area contributed by atoms with Gasteiger partial charge in [0.25, 0.3) is 5.91 Å². The molecule has 4 rings (SSSR count). The number of furan rings is 1. The van der Waals surface area contributed by atoms with Gasteiger partial charge in [-0.1, -0.05) is 18.2 Å². The quantitative estimate of drug-likeness (QED) is 0.782. The van der Waals surface area contributed by atoms with E-state index in [0.717, 1.165) is 28.3 Å². The molecule has 126 valence electrons. The number of hydrogen-bond acceptors (Lipinski definition) is 4. The van der Waals surface area contributed by atoms with E-state index in [9.17, 15) is 4.79 Å². The Morgan fingerprint density at radius 3 is 2.64 bits per heavy atom. The number of aryl methyl sites for hydroxylation is 2. The van der Waals surface area contributed by atoms with Gasteiger partial charge in [0.2, 0.25) is 0 Å². The van der Waals surface area contributed by atoms with Crippen molar-refractivity contribution in [3.8, 4) is 0 Å². The fraction of sp³-hybridized carbons (Fsp3) is 0.200. The molecule has 5 heteroatoms. The number of carbonyl (C=O) groups excluding carboxylic acids is 1. The first-order valence-corrected chi connectivity index (χ1v) is 8.26. The van der Waals surface area contributed by atoms with Gasteiger partial charge in [0.15, 0.2) is 0 Å². The van der Waals surface area contributed by atoms with Crippen LogP contribution in [0.25, 0.3) is 0 Å². The van der Waals surface area contributed by atoms with Crippen LogP contribution in [-0.4, -0.2) is 15.8 Å². The average molecular weight is 333 g/mol. The van der Waals surface area contributed by atoms with Crippen molar-refractivity contribution in [3.63, 3.8) is 0 Å². The lowest BCUT2D eigenvalue weighted by molar-refractivity contribution is 0.0714. The van der Waals surface area contributed by atoms with Gasteiger partial charge in [-0.15, -0.1) is 0 Å². The summed E-state index contributed by atoms with van der Waals surface area (Å²) in [7, 11) is 0. The standard InChI is InChI=1S/C20H19N3O2/c1-13-6-3-7-14(2)17(13)22-19-18-16(9-4-10-21-18)20(24)23(19)12-15-8-5-11-25-15/h3-11,19,22H,12H2,1-2H3. The Kier molecular flexibility index (Phi) is 3.76. The molecule has 1 N–H and O–H groups in total. The maximum Gasteiger partial charge on any atom is 0.258 e. The molecular formula is C20H19N3O2. The van der Waals surface area contributed by atoms with E-state index in [1.807, 2.05) is 24.3 Å². The number of fused-ring (bicyclic) bond motifs is 1. The number of rotatable bonds is 4. The van der Waals surface area contributed by atoms with Crippen LogP contribution in [0.5, 0.6) is 0 Å². The van der Waals surface area contributed by atoms with Crippen LogP contribution in [0.1, 0.15) is 39.1 Å². The Morgan fingerprint density at radius 1 is 1.12 bits per heavy atom. The number of benzene rings is 1. The first-order valence-electron chi connectivity index (χ1n) is 8.26. The van der Waals surface area contributed by atoms with Crippen molar-refractivity contribution in [2.24, 2.45) is 0 Å². The second kappa shape index (κ2) is 6.09. The molecule has 0 spiro atoms. The zero-order valence-electron chi connectivity index (χ0n) is 14.2. The molecule has 2 aromatic heterocycles. The summed E-state index contributed by atoms with van der Waals surface area (Å²) in [6.07, 6.45) is 3.02. The predicted molar refractivity (Wildman–Crippen MR) is 95.1 cm³/mol. The molecule has 0 saturated heterocycles. The van der Waals surface area contributed by atoms with Gasteiger partial charge in [-0.3, -0.25) is 9.78 Å². The highest BCUT2D eigenvalue weighted by Crippen LogP contribution is 2.35. The molecule has 1 aliphatic rings. The minimum absolute atomic E-state index is 0.0387. The Morgan fingerprint density at radius 2 is 1.92 bits per heavy atom. The van der Waals surface area contributed by atoms with Crippen LogP contribution >= 0.6 is 0 Å². The topological polar surface area (TPSA) is 58.4 Å². The maximum atomic E-state index is 12.9. The zero-order valence-corrected chi connectivity index (χ0v) is 14.2. The summed E-state index contributed by atoms with van der Waals surface area (Å²) in [5, 5.41) is 3.53. The summed E-state index contributed by atoms with van der Waals surface area (Å²) in [5.74, 6) is 0.706. The first kappa shape index (κ1) is 15.4. The van der Waals surface area contributed by atoms with Crippen LogP contribution in [0.3, 0.4) is 0 Å². The molecule has 1 atom stereocenters. The van der Waals surface area contributed by atoms with E-state index in [2.05, 4.69) is 36.3 Å². The highest BCUT2D eigenvalue weighted by molar-refractivity contribution is 5.98. The van der Waals surface area contributed by atoms with Crippen molar-refractivity contribution < 1.29 is 9.21 Å². The molecule has 25 heavy (non-hydrogen) atoms. The van der Waals surface area contributed by atoms with Gasteiger partial charge in [0.05, 0.1) is 24.1 Å². The van der Waals surface area contributed by atoms with Gasteiger partial charge in [-0.2, -0.15) is 0 Å². The molecule has 0 bridgehead atoms. The number of carbonyl (C=O) groups is 1. The SMILES string of the molecule is Cc1cccc(C)c1NC1c2ncccc2C(=O)N1Cc1ccco1. The van der Waals surface area contributed by atoms with Crippen molar-refractivity contribution in [3.05, 3.63) is 83.1 Å². The van der Waals surface area contributed by atoms with Crippen LogP contribution in [0.15, 0.2) is 59.3 Å². The summed E-state index contributed by atoms with van der Waals surface area (Å²) in [6, 6.07) is 13.5. The third kappa shape index (κ3) is 2.67. The lowest BCUT2D eigenvalue weighted by Crippen LogP contribution is -2.32. The van der Waals surface area contributed by atoms with Gasteiger partial charge in [-0.25, -0.2) is 0 Å². The molecule has 0 saturated carbocycles. The van der Waals surface area contributed by atoms with Crippen molar-refractivity contribution >= 4 is 11.6 Å². The molecular weight excluding hydrogens is 314 g/mol. The monoisotopic (exact) mass is 333 g/mol. The van der Waals surface area contributed by atoms with E-state index < -0.39 is 0 Å². The number of hydrogen-bond donors (Lipinski definition) is 1. The number of amides is 1. The first-order chi connectivity index (χ1) is 12.1. The third-order valence-electron chi connectivity index (χ3n) is 4.57. The number of nitrogens with zero attached hydrogens (tertiary/aromatic N) is 2. The van der Waals surface area contributed by atoms with Gasteiger partial charge >= 0.3 is 0 Å². The van der Waals surface area contributed by atoms with Crippen LogP contribution < -0.4 is 5.32 Å². The van der Waals surface area contributed by atoms with Gasteiger partial charge in [-0.05, 0) is 49.2 Å². The molecule has 1 aliphatic heterocycles.